The Kier molecular flexibility index (Phi) is 8.42. The molecule has 142 valence electrons. The van der Waals surface area contributed by atoms with Gasteiger partial charge in [0.1, 0.15) is 18.3 Å². The van der Waals surface area contributed by atoms with Gasteiger partial charge in [-0.05, 0) is 38.5 Å². The van der Waals surface area contributed by atoms with Crippen molar-refractivity contribution in [3.63, 3.8) is 0 Å². The number of hydrogen-bond donors (Lipinski definition) is 3. The van der Waals surface area contributed by atoms with Crippen LogP contribution in [0.2, 0.25) is 0 Å². The zero-order valence-corrected chi connectivity index (χ0v) is 13.9. The number of piperidine rings is 1. The minimum atomic E-state index is -1.21. The van der Waals surface area contributed by atoms with E-state index in [9.17, 15) is 20.1 Å². The summed E-state index contributed by atoms with van der Waals surface area (Å²) in [6.45, 7) is 5.58. The van der Waals surface area contributed by atoms with E-state index in [2.05, 4.69) is 6.92 Å². The molecule has 0 spiro atoms. The van der Waals surface area contributed by atoms with Crippen LogP contribution < -0.4 is 0 Å². The largest absolute Gasteiger partial charge is 0.449 e. The molecular formula is C17H33NO6. The van der Waals surface area contributed by atoms with Gasteiger partial charge in [0.2, 0.25) is 0 Å². The molecule has 2 aliphatic heterocycles. The number of amides is 1. The van der Waals surface area contributed by atoms with Crippen molar-refractivity contribution >= 4 is 6.09 Å². The van der Waals surface area contributed by atoms with Crippen LogP contribution in [0.4, 0.5) is 4.79 Å². The third-order valence-electron chi connectivity index (χ3n) is 4.85. The minimum absolute atomic E-state index is 0. The highest BCUT2D eigenvalue weighted by molar-refractivity contribution is 5.67. The molecule has 0 unspecified atom stereocenters. The van der Waals surface area contributed by atoms with Crippen molar-refractivity contribution in [2.75, 3.05) is 19.7 Å². The number of nitrogens with zero attached hydrogens (tertiary/aromatic N) is 1. The maximum Gasteiger partial charge on any atom is 0.409 e. The minimum Gasteiger partial charge on any atom is -0.449 e. The van der Waals surface area contributed by atoms with Gasteiger partial charge in [-0.3, -0.25) is 0 Å². The molecule has 0 saturated carbocycles. The molecule has 2 aliphatic rings. The molecule has 2 saturated heterocycles. The topological polar surface area (TPSA) is 99.5 Å². The summed E-state index contributed by atoms with van der Waals surface area (Å²) in [5, 5.41) is 29.3. The molecule has 0 bridgehead atoms. The molecule has 0 aromatic heterocycles. The maximum absolute atomic E-state index is 11.9. The normalized spacial score (nSPS) is 34.5. The summed E-state index contributed by atoms with van der Waals surface area (Å²) >= 11 is 0. The van der Waals surface area contributed by atoms with Gasteiger partial charge in [-0.1, -0.05) is 14.4 Å². The van der Waals surface area contributed by atoms with E-state index in [4.69, 9.17) is 9.47 Å². The fraction of sp³-hybridized carbons (Fsp3) is 0.941. The zero-order valence-electron chi connectivity index (χ0n) is 13.9. The van der Waals surface area contributed by atoms with Gasteiger partial charge in [-0.15, -0.1) is 0 Å². The average molecular weight is 347 g/mol. The molecule has 0 aliphatic carbocycles. The fourth-order valence-electron chi connectivity index (χ4n) is 3.10. The summed E-state index contributed by atoms with van der Waals surface area (Å²) in [6.07, 6.45) is -1.78. The summed E-state index contributed by atoms with van der Waals surface area (Å²) in [7, 11) is 0. The smallest absolute Gasteiger partial charge is 0.409 e. The number of hydrogen-bond acceptors (Lipinski definition) is 6. The van der Waals surface area contributed by atoms with Crippen LogP contribution in [0.25, 0.3) is 0 Å². The third kappa shape index (κ3) is 5.31. The molecule has 2 rings (SSSR count). The molecule has 2 heterocycles. The Morgan fingerprint density at radius 3 is 2.38 bits per heavy atom. The molecule has 3 N–H and O–H groups in total. The van der Waals surface area contributed by atoms with Crippen LogP contribution in [0.3, 0.4) is 0 Å². The Bertz CT molecular complexity index is 385. The predicted octanol–water partition coefficient (Wildman–Crippen LogP) is 1.14. The van der Waals surface area contributed by atoms with Gasteiger partial charge < -0.3 is 29.7 Å². The number of likely N-dealkylation sites (tertiary alicyclic amines) is 1. The van der Waals surface area contributed by atoms with Crippen molar-refractivity contribution in [3.8, 4) is 0 Å². The number of ether oxygens (including phenoxy) is 2. The SMILES string of the molecule is C.CC1CCN(C(=O)OCCC[C@@H]2O[C@@H](C)[C@@H](O)[C@@H](O)[C@@H]2O)CC1. The molecule has 7 nitrogen and oxygen atoms in total. The highest BCUT2D eigenvalue weighted by Gasteiger charge is 2.41. The average Bonchev–Trinajstić information content (AvgIpc) is 2.54. The van der Waals surface area contributed by atoms with Crippen molar-refractivity contribution in [1.82, 2.24) is 4.90 Å². The lowest BCUT2D eigenvalue weighted by Gasteiger charge is -2.39. The second-order valence-electron chi connectivity index (χ2n) is 6.78. The van der Waals surface area contributed by atoms with Crippen LogP contribution in [-0.4, -0.2) is 76.5 Å². The summed E-state index contributed by atoms with van der Waals surface area (Å²) in [5.41, 5.74) is 0. The third-order valence-corrected chi connectivity index (χ3v) is 4.85. The second kappa shape index (κ2) is 9.56. The van der Waals surface area contributed by atoms with Crippen molar-refractivity contribution in [3.05, 3.63) is 0 Å². The van der Waals surface area contributed by atoms with E-state index < -0.39 is 30.5 Å². The molecule has 0 aromatic carbocycles. The van der Waals surface area contributed by atoms with Gasteiger partial charge in [-0.2, -0.15) is 0 Å². The summed E-state index contributed by atoms with van der Waals surface area (Å²) in [4.78, 5) is 13.6. The van der Waals surface area contributed by atoms with E-state index in [1.807, 2.05) is 0 Å². The standard InChI is InChI=1S/C16H29NO6.CH4/c1-10-5-7-17(8-6-10)16(21)22-9-3-4-12-14(19)15(20)13(18)11(2)23-12;/h10-15,18-20H,3-9H2,1-2H3;1H4/t11-,12-,13+,14+,15+;/m0./s1. The van der Waals surface area contributed by atoms with E-state index in [0.717, 1.165) is 25.9 Å². The Labute approximate surface area is 144 Å². The van der Waals surface area contributed by atoms with Gasteiger partial charge in [0, 0.05) is 13.1 Å². The van der Waals surface area contributed by atoms with Crippen LogP contribution in [0.5, 0.6) is 0 Å². The van der Waals surface area contributed by atoms with Crippen molar-refractivity contribution in [2.45, 2.75) is 77.5 Å². The molecule has 0 aromatic rings. The van der Waals surface area contributed by atoms with E-state index in [0.29, 0.717) is 18.8 Å². The van der Waals surface area contributed by atoms with Crippen LogP contribution in [0.15, 0.2) is 0 Å². The van der Waals surface area contributed by atoms with Gasteiger partial charge in [0.15, 0.2) is 0 Å². The van der Waals surface area contributed by atoms with Gasteiger partial charge >= 0.3 is 6.09 Å². The van der Waals surface area contributed by atoms with E-state index in [1.165, 1.54) is 0 Å². The Balaban J connectivity index is 0.00000288. The second-order valence-corrected chi connectivity index (χ2v) is 6.78. The van der Waals surface area contributed by atoms with Crippen molar-refractivity contribution in [2.24, 2.45) is 5.92 Å². The Morgan fingerprint density at radius 1 is 1.12 bits per heavy atom. The van der Waals surface area contributed by atoms with E-state index in [1.54, 1.807) is 11.8 Å². The van der Waals surface area contributed by atoms with E-state index in [-0.39, 0.29) is 20.1 Å². The quantitative estimate of drug-likeness (QED) is 0.660. The highest BCUT2D eigenvalue weighted by atomic mass is 16.6. The van der Waals surface area contributed by atoms with Crippen LogP contribution in [-0.2, 0) is 9.47 Å². The first-order valence-electron chi connectivity index (χ1n) is 8.51. The predicted molar refractivity (Wildman–Crippen MR) is 89.6 cm³/mol. The fourth-order valence-corrected chi connectivity index (χ4v) is 3.10. The first kappa shape index (κ1) is 21.2. The van der Waals surface area contributed by atoms with Crippen molar-refractivity contribution in [1.29, 1.82) is 0 Å². The summed E-state index contributed by atoms with van der Waals surface area (Å²) in [6, 6.07) is 0. The highest BCUT2D eigenvalue weighted by Crippen LogP contribution is 2.24. The molecule has 0 radical (unpaired) electrons. The number of carbonyl (C=O) groups excluding carboxylic acids is 1. The van der Waals surface area contributed by atoms with Crippen LogP contribution in [0, 0.1) is 5.92 Å². The lowest BCUT2D eigenvalue weighted by molar-refractivity contribution is -0.218. The molecular weight excluding hydrogens is 314 g/mol. The van der Waals surface area contributed by atoms with E-state index >= 15 is 0 Å². The number of rotatable bonds is 4. The first-order chi connectivity index (χ1) is 10.9. The molecule has 2 fully saturated rings. The lowest BCUT2D eigenvalue weighted by atomic mass is 9.93. The van der Waals surface area contributed by atoms with Gasteiger partial charge in [-0.25, -0.2) is 4.79 Å². The van der Waals surface area contributed by atoms with Crippen LogP contribution in [0.1, 0.15) is 47.0 Å². The summed E-state index contributed by atoms with van der Waals surface area (Å²) < 4.78 is 10.8. The number of aliphatic hydroxyl groups excluding tert-OH is 3. The van der Waals surface area contributed by atoms with Gasteiger partial charge in [0.05, 0.1) is 18.8 Å². The molecule has 7 heteroatoms. The van der Waals surface area contributed by atoms with Gasteiger partial charge in [0.25, 0.3) is 0 Å². The molecule has 24 heavy (non-hydrogen) atoms. The first-order valence-corrected chi connectivity index (χ1v) is 8.51. The monoisotopic (exact) mass is 347 g/mol. The maximum atomic E-state index is 11.9. The lowest BCUT2D eigenvalue weighted by Crippen LogP contribution is -2.56. The number of aliphatic hydroxyl groups is 3. The Hall–Kier alpha value is -0.890. The summed E-state index contributed by atoms with van der Waals surface area (Å²) in [5.74, 6) is 0.660. The zero-order chi connectivity index (χ0) is 17.0. The van der Waals surface area contributed by atoms with Crippen molar-refractivity contribution < 1.29 is 29.6 Å². The molecule has 1 amide bonds. The molecule has 5 atom stereocenters. The van der Waals surface area contributed by atoms with Crippen LogP contribution >= 0.6 is 0 Å². The Morgan fingerprint density at radius 2 is 1.75 bits per heavy atom. The number of carbonyl (C=O) groups is 1.